The van der Waals surface area contributed by atoms with E-state index in [0.29, 0.717) is 44.3 Å². The molecule has 14 heteroatoms. The topological polar surface area (TPSA) is 209 Å². The van der Waals surface area contributed by atoms with Gasteiger partial charge < -0.3 is 32.1 Å². The molecule has 56 heavy (non-hydrogen) atoms. The number of likely N-dealkylation sites (tertiary alicyclic amines) is 1. The third-order valence-corrected chi connectivity index (χ3v) is 10.3. The maximum atomic E-state index is 13.8. The second-order valence-electron chi connectivity index (χ2n) is 14.4. The third kappa shape index (κ3) is 11.6. The van der Waals surface area contributed by atoms with E-state index in [2.05, 4.69) is 31.2 Å². The highest BCUT2D eigenvalue weighted by Crippen LogP contribution is 2.21. The Labute approximate surface area is 327 Å². The van der Waals surface area contributed by atoms with E-state index in [1.807, 2.05) is 73.3 Å². The highest BCUT2D eigenvalue weighted by molar-refractivity contribution is 5.99. The predicted molar refractivity (Wildman–Crippen MR) is 212 cm³/mol. The van der Waals surface area contributed by atoms with Crippen LogP contribution in [-0.2, 0) is 32.0 Å². The number of fused-ring (bicyclic) bond motifs is 1. The van der Waals surface area contributed by atoms with Gasteiger partial charge in [0, 0.05) is 30.9 Å². The van der Waals surface area contributed by atoms with E-state index >= 15 is 0 Å². The van der Waals surface area contributed by atoms with Crippen molar-refractivity contribution < 1.29 is 29.1 Å². The van der Waals surface area contributed by atoms with Gasteiger partial charge >= 0.3 is 0 Å². The molecule has 0 saturated carbocycles. The van der Waals surface area contributed by atoms with Crippen molar-refractivity contribution in [2.24, 2.45) is 11.7 Å². The number of benzene rings is 2. The normalized spacial score (nSPS) is 16.9. The number of aromatic nitrogens is 2. The number of amides is 5. The molecule has 0 aliphatic carbocycles. The molecule has 0 bridgehead atoms. The quantitative estimate of drug-likeness (QED) is 0.0825. The van der Waals surface area contributed by atoms with E-state index in [1.54, 1.807) is 30.6 Å². The number of aliphatic hydroxyl groups is 1. The summed E-state index contributed by atoms with van der Waals surface area (Å²) in [5.74, 6) is -2.88. The number of nitrogens with two attached hydrogens (primary N) is 1. The summed E-state index contributed by atoms with van der Waals surface area (Å²) >= 11 is 0. The molecule has 1 fully saturated rings. The van der Waals surface area contributed by atoms with Gasteiger partial charge in [-0.2, -0.15) is 0 Å². The first-order valence-corrected chi connectivity index (χ1v) is 19.2. The molecule has 5 unspecified atom stereocenters. The van der Waals surface area contributed by atoms with Crippen molar-refractivity contribution in [1.29, 1.82) is 0 Å². The van der Waals surface area contributed by atoms with Crippen LogP contribution in [0.3, 0.4) is 0 Å². The highest BCUT2D eigenvalue weighted by atomic mass is 16.3. The number of β-amino-alcohol motifs (C(OH)–C–C–N with tert-alkyl or cyclic N) is 1. The lowest BCUT2D eigenvalue weighted by molar-refractivity contribution is -0.133. The van der Waals surface area contributed by atoms with Crippen LogP contribution in [0.5, 0.6) is 0 Å². The van der Waals surface area contributed by atoms with Gasteiger partial charge in [-0.15, -0.1) is 0 Å². The minimum absolute atomic E-state index is 0.0367. The van der Waals surface area contributed by atoms with Crippen LogP contribution < -0.4 is 27.0 Å². The predicted octanol–water partition coefficient (Wildman–Crippen LogP) is 2.05. The summed E-state index contributed by atoms with van der Waals surface area (Å²) in [7, 11) is 0. The summed E-state index contributed by atoms with van der Waals surface area (Å²) in [6, 6.07) is 20.0. The molecule has 6 atom stereocenters. The number of carbonyl (C=O) groups is 5. The molecule has 2 aromatic carbocycles. The highest BCUT2D eigenvalue weighted by Gasteiger charge is 2.37. The Morgan fingerprint density at radius 3 is 2.39 bits per heavy atom. The van der Waals surface area contributed by atoms with Gasteiger partial charge in [0.1, 0.15) is 17.8 Å². The fourth-order valence-electron chi connectivity index (χ4n) is 6.92. The van der Waals surface area contributed by atoms with Gasteiger partial charge in [0.05, 0.1) is 30.1 Å². The van der Waals surface area contributed by atoms with Crippen molar-refractivity contribution in [3.05, 3.63) is 108 Å². The molecule has 296 valence electrons. The Kier molecular flexibility index (Phi) is 15.0. The average molecular weight is 765 g/mol. The second kappa shape index (κ2) is 20.3. The first-order valence-electron chi connectivity index (χ1n) is 19.2. The smallest absolute Gasteiger partial charge is 0.270 e. The lowest BCUT2D eigenvalue weighted by Crippen LogP contribution is -2.58. The molecule has 0 radical (unpaired) electrons. The summed E-state index contributed by atoms with van der Waals surface area (Å²) in [6.45, 7) is 4.84. The molecule has 14 nitrogen and oxygen atoms in total. The number of carbonyl (C=O) groups excluding carboxylic acids is 5. The van der Waals surface area contributed by atoms with E-state index in [-0.39, 0.29) is 36.4 Å². The summed E-state index contributed by atoms with van der Waals surface area (Å²) < 4.78 is 0. The first-order chi connectivity index (χ1) is 27.0. The Bertz CT molecular complexity index is 1950. The van der Waals surface area contributed by atoms with Gasteiger partial charge in [-0.1, -0.05) is 80.9 Å². The maximum Gasteiger partial charge on any atom is 0.270 e. The van der Waals surface area contributed by atoms with Crippen molar-refractivity contribution in [2.45, 2.75) is 82.6 Å². The van der Waals surface area contributed by atoms with Gasteiger partial charge in [-0.05, 0) is 67.5 Å². The summed E-state index contributed by atoms with van der Waals surface area (Å²) in [5.41, 5.74) is 7.97. The van der Waals surface area contributed by atoms with Crippen LogP contribution in [0.15, 0.2) is 91.3 Å². The monoisotopic (exact) mass is 764 g/mol. The van der Waals surface area contributed by atoms with Crippen molar-refractivity contribution in [3.8, 4) is 0 Å². The largest absolute Gasteiger partial charge is 0.390 e. The Hall–Kier alpha value is -5.73. The van der Waals surface area contributed by atoms with Gasteiger partial charge in [-0.3, -0.25) is 33.9 Å². The molecule has 1 saturated heterocycles. The number of aliphatic hydroxyl groups excluding tert-OH is 1. The molecule has 2 aromatic heterocycles. The SMILES string of the molecule is CCC(C)C(NC(=O)C1CCCN1CC(O)[C@H](Cc1ccccc1)NC(=O)C(CC(N)=O)NC(=O)c1ccc2ccccc2n1)C(=O)NCCc1cccnc1. The fraction of sp³-hybridized carbons (Fsp3) is 0.405. The summed E-state index contributed by atoms with van der Waals surface area (Å²) in [5, 5.41) is 24.0. The zero-order valence-corrected chi connectivity index (χ0v) is 31.9. The van der Waals surface area contributed by atoms with Gasteiger partial charge in [0.2, 0.25) is 23.6 Å². The molecule has 5 amide bonds. The number of hydrogen-bond donors (Lipinski definition) is 6. The molecule has 1 aliphatic rings. The van der Waals surface area contributed by atoms with Crippen LogP contribution in [0.4, 0.5) is 0 Å². The zero-order chi connectivity index (χ0) is 40.0. The van der Waals surface area contributed by atoms with Crippen molar-refractivity contribution >= 4 is 40.4 Å². The molecule has 0 spiro atoms. The Balaban J connectivity index is 1.26. The van der Waals surface area contributed by atoms with Crippen molar-refractivity contribution in [2.75, 3.05) is 19.6 Å². The van der Waals surface area contributed by atoms with Crippen LogP contribution in [0.25, 0.3) is 10.9 Å². The molecule has 4 aromatic rings. The number of rotatable bonds is 19. The fourth-order valence-corrected chi connectivity index (χ4v) is 6.92. The molecule has 3 heterocycles. The molecular weight excluding hydrogens is 713 g/mol. The number of primary amides is 1. The molecule has 1 aliphatic heterocycles. The number of hydrogen-bond acceptors (Lipinski definition) is 9. The van der Waals surface area contributed by atoms with E-state index in [0.717, 1.165) is 16.5 Å². The third-order valence-electron chi connectivity index (χ3n) is 10.3. The number of para-hydroxylation sites is 1. The van der Waals surface area contributed by atoms with E-state index in [4.69, 9.17) is 5.73 Å². The zero-order valence-electron chi connectivity index (χ0n) is 31.9. The van der Waals surface area contributed by atoms with Gasteiger partial charge in [0.15, 0.2) is 0 Å². The molecular formula is C42H52N8O6. The Morgan fingerprint density at radius 2 is 1.66 bits per heavy atom. The first kappa shape index (κ1) is 41.4. The minimum atomic E-state index is -1.35. The number of pyridine rings is 2. The lowest BCUT2D eigenvalue weighted by Gasteiger charge is -2.32. The van der Waals surface area contributed by atoms with Gasteiger partial charge in [-0.25, -0.2) is 4.98 Å². The van der Waals surface area contributed by atoms with E-state index in [1.165, 1.54) is 6.07 Å². The molecule has 7 N–H and O–H groups in total. The minimum Gasteiger partial charge on any atom is -0.390 e. The Morgan fingerprint density at radius 1 is 0.911 bits per heavy atom. The van der Waals surface area contributed by atoms with Crippen LogP contribution in [0, 0.1) is 5.92 Å². The van der Waals surface area contributed by atoms with Crippen molar-refractivity contribution in [3.63, 3.8) is 0 Å². The standard InChI is InChI=1S/C42H52N8O6/c1-3-27(2)38(42(56)45-21-19-29-13-9-20-44-25-29)49-41(55)35-16-10-22-50(35)26-36(51)33(23-28-11-5-4-6-12-28)47-40(54)34(24-37(43)52)48-39(53)32-18-17-30-14-7-8-15-31(30)46-32/h4-9,11-15,17-18,20,25,27,33-36,38,51H,3,10,16,19,21-24,26H2,1-2H3,(H2,43,52)(H,45,56)(H,47,54)(H,48,53)(H,49,55)/t27?,33-,34?,35?,36?,38?/m0/s1. The second-order valence-corrected chi connectivity index (χ2v) is 14.4. The van der Waals surface area contributed by atoms with Gasteiger partial charge in [0.25, 0.3) is 5.91 Å². The summed E-state index contributed by atoms with van der Waals surface area (Å²) in [6.07, 6.45) is 4.51. The van der Waals surface area contributed by atoms with Crippen LogP contribution in [0.2, 0.25) is 0 Å². The van der Waals surface area contributed by atoms with Crippen LogP contribution in [-0.4, -0.2) is 99.4 Å². The molecule has 5 rings (SSSR count). The number of nitrogens with one attached hydrogen (secondary N) is 4. The summed E-state index contributed by atoms with van der Waals surface area (Å²) in [4.78, 5) is 76.7. The van der Waals surface area contributed by atoms with Crippen LogP contribution >= 0.6 is 0 Å². The van der Waals surface area contributed by atoms with Crippen molar-refractivity contribution in [1.82, 2.24) is 36.1 Å². The number of nitrogens with zero attached hydrogens (tertiary/aromatic N) is 3. The average Bonchev–Trinajstić information content (AvgIpc) is 3.67. The lowest BCUT2D eigenvalue weighted by atomic mass is 9.97. The van der Waals surface area contributed by atoms with Crippen LogP contribution in [0.1, 0.15) is 61.1 Å². The maximum absolute atomic E-state index is 13.8. The van der Waals surface area contributed by atoms with E-state index in [9.17, 15) is 29.1 Å². The van der Waals surface area contributed by atoms with E-state index < -0.39 is 54.4 Å².